The minimum Gasteiger partial charge on any atom is -0.475 e. The third kappa shape index (κ3) is 4.34. The molecule has 0 aliphatic heterocycles. The number of aliphatic carboxylic acids is 1. The van der Waals surface area contributed by atoms with E-state index in [0.717, 1.165) is 12.8 Å². The molecule has 0 saturated carbocycles. The molecule has 1 unspecified atom stereocenters. The fourth-order valence-electron chi connectivity index (χ4n) is 0.744. The third-order valence-corrected chi connectivity index (χ3v) is 1.40. The van der Waals surface area contributed by atoms with Gasteiger partial charge >= 0.3 is 12.0 Å². The Morgan fingerprint density at radius 3 is 2.64 bits per heavy atom. The minimum atomic E-state index is -0.968. The Morgan fingerprint density at radius 1 is 1.64 bits per heavy atom. The van der Waals surface area contributed by atoms with Gasteiger partial charge < -0.3 is 10.8 Å². The standard InChI is InChI=1S/C7H12N2O2/c1-9-6(7(10)11)4-2-3-5-8/h1,6H,2-5,8H2/p+1. The van der Waals surface area contributed by atoms with E-state index in [4.69, 9.17) is 17.4 Å². The van der Waals surface area contributed by atoms with E-state index in [0.29, 0.717) is 13.0 Å². The van der Waals surface area contributed by atoms with Crippen LogP contribution in [-0.2, 0) is 4.79 Å². The van der Waals surface area contributed by atoms with Crippen molar-refractivity contribution >= 4 is 5.97 Å². The Balaban J connectivity index is 3.55. The van der Waals surface area contributed by atoms with Crippen molar-refractivity contribution in [1.82, 2.24) is 0 Å². The van der Waals surface area contributed by atoms with Crippen LogP contribution in [0.3, 0.4) is 0 Å². The molecule has 0 spiro atoms. The molecule has 0 fully saturated rings. The van der Waals surface area contributed by atoms with Crippen LogP contribution >= 0.6 is 0 Å². The normalized spacial score (nSPS) is 12.0. The van der Waals surface area contributed by atoms with Gasteiger partial charge in [0, 0.05) is 6.42 Å². The van der Waals surface area contributed by atoms with Crippen LogP contribution in [0.4, 0.5) is 0 Å². The Morgan fingerprint density at radius 2 is 2.27 bits per heavy atom. The molecule has 0 aliphatic carbocycles. The van der Waals surface area contributed by atoms with Crippen LogP contribution in [-0.4, -0.2) is 23.7 Å². The van der Waals surface area contributed by atoms with Crippen molar-refractivity contribution in [3.8, 4) is 6.57 Å². The molecular weight excluding hydrogens is 144 g/mol. The zero-order valence-corrected chi connectivity index (χ0v) is 6.36. The molecule has 0 rings (SSSR count). The first kappa shape index (κ1) is 9.92. The first-order chi connectivity index (χ1) is 5.22. The van der Waals surface area contributed by atoms with Crippen molar-refractivity contribution in [2.24, 2.45) is 5.73 Å². The first-order valence-corrected chi connectivity index (χ1v) is 3.55. The molecule has 4 nitrogen and oxygen atoms in total. The summed E-state index contributed by atoms with van der Waals surface area (Å²) >= 11 is 0. The molecular formula is C7H13N2O2+. The molecule has 1 atom stereocenters. The first-order valence-electron chi connectivity index (χ1n) is 3.55. The summed E-state index contributed by atoms with van der Waals surface area (Å²) in [6.07, 6.45) is 2.05. The number of rotatable bonds is 5. The molecule has 4 heteroatoms. The summed E-state index contributed by atoms with van der Waals surface area (Å²) in [6.45, 7) is 5.45. The van der Waals surface area contributed by atoms with Crippen LogP contribution in [0.25, 0.3) is 4.85 Å². The van der Waals surface area contributed by atoms with Crippen molar-refractivity contribution in [2.45, 2.75) is 25.3 Å². The van der Waals surface area contributed by atoms with E-state index in [9.17, 15) is 4.79 Å². The molecule has 0 heterocycles. The Labute approximate surface area is 65.8 Å². The van der Waals surface area contributed by atoms with Crippen molar-refractivity contribution in [3.05, 3.63) is 4.85 Å². The van der Waals surface area contributed by atoms with Crippen molar-refractivity contribution < 1.29 is 9.90 Å². The number of nitrogens with zero attached hydrogens (tertiary/aromatic N) is 1. The van der Waals surface area contributed by atoms with Gasteiger partial charge in [0.15, 0.2) is 0 Å². The number of carboxylic acids is 1. The summed E-state index contributed by atoms with van der Waals surface area (Å²) in [7, 11) is 0. The van der Waals surface area contributed by atoms with Gasteiger partial charge in [-0.05, 0) is 19.4 Å². The molecule has 0 bridgehead atoms. The molecule has 0 aromatic carbocycles. The average molecular weight is 157 g/mol. The lowest BCUT2D eigenvalue weighted by molar-refractivity contribution is -0.137. The Bertz CT molecular complexity index is 162. The van der Waals surface area contributed by atoms with Crippen LogP contribution in [0.1, 0.15) is 19.3 Å². The van der Waals surface area contributed by atoms with Gasteiger partial charge in [-0.25, -0.2) is 4.79 Å². The quantitative estimate of drug-likeness (QED) is 0.572. The predicted octanol–water partition coefficient (Wildman–Crippen LogP) is 0.531. The summed E-state index contributed by atoms with van der Waals surface area (Å²) in [5.74, 6) is -0.968. The molecule has 0 aromatic rings. The van der Waals surface area contributed by atoms with Gasteiger partial charge in [0.05, 0.1) is 0 Å². The Hall–Kier alpha value is -1.08. The fourth-order valence-corrected chi connectivity index (χ4v) is 0.744. The highest BCUT2D eigenvalue weighted by Crippen LogP contribution is 2.03. The predicted molar refractivity (Wildman–Crippen MR) is 42.6 cm³/mol. The average Bonchev–Trinajstić information content (AvgIpc) is 1.97. The van der Waals surface area contributed by atoms with Crippen molar-refractivity contribution in [1.29, 1.82) is 0 Å². The second-order valence-electron chi connectivity index (χ2n) is 2.29. The number of carbonyl (C=O) groups is 1. The fraction of sp³-hybridized carbons (Fsp3) is 0.714. The maximum Gasteiger partial charge on any atom is 0.392 e. The largest absolute Gasteiger partial charge is 0.475 e. The SMILES string of the molecule is C#[N+]C(CCCCN)C(=O)O. The summed E-state index contributed by atoms with van der Waals surface area (Å²) < 4.78 is 0. The van der Waals surface area contributed by atoms with Gasteiger partial charge in [0.25, 0.3) is 6.57 Å². The Kier molecular flexibility index (Phi) is 5.13. The summed E-state index contributed by atoms with van der Waals surface area (Å²) in [5, 5.41) is 8.47. The zero-order valence-electron chi connectivity index (χ0n) is 6.36. The van der Waals surface area contributed by atoms with Gasteiger partial charge in [0.2, 0.25) is 0 Å². The molecule has 0 saturated heterocycles. The van der Waals surface area contributed by atoms with E-state index in [-0.39, 0.29) is 0 Å². The molecule has 0 aromatic heterocycles. The van der Waals surface area contributed by atoms with E-state index in [1.54, 1.807) is 0 Å². The summed E-state index contributed by atoms with van der Waals surface area (Å²) in [5.41, 5.74) is 5.22. The van der Waals surface area contributed by atoms with Gasteiger partial charge in [-0.2, -0.15) is 0 Å². The number of nitrogens with two attached hydrogens (primary N) is 1. The highest BCUT2D eigenvalue weighted by atomic mass is 16.4. The molecule has 0 amide bonds. The second kappa shape index (κ2) is 5.69. The van der Waals surface area contributed by atoms with E-state index >= 15 is 0 Å². The van der Waals surface area contributed by atoms with Gasteiger partial charge in [0.1, 0.15) is 0 Å². The molecule has 3 N–H and O–H groups in total. The molecule has 62 valence electrons. The van der Waals surface area contributed by atoms with E-state index < -0.39 is 12.0 Å². The topological polar surface area (TPSA) is 67.7 Å². The third-order valence-electron chi connectivity index (χ3n) is 1.40. The van der Waals surface area contributed by atoms with Gasteiger partial charge in [-0.1, -0.05) is 4.85 Å². The van der Waals surface area contributed by atoms with E-state index in [1.165, 1.54) is 0 Å². The molecule has 0 radical (unpaired) electrons. The van der Waals surface area contributed by atoms with Crippen LogP contribution in [0.5, 0.6) is 0 Å². The summed E-state index contributed by atoms with van der Waals surface area (Å²) in [6, 6.07) is -0.762. The van der Waals surface area contributed by atoms with Gasteiger partial charge in [-0.15, -0.1) is 0 Å². The summed E-state index contributed by atoms with van der Waals surface area (Å²) in [4.78, 5) is 13.5. The lowest BCUT2D eigenvalue weighted by Crippen LogP contribution is -2.16. The van der Waals surface area contributed by atoms with Crippen molar-refractivity contribution in [2.75, 3.05) is 6.54 Å². The molecule has 0 aliphatic rings. The maximum absolute atomic E-state index is 10.3. The minimum absolute atomic E-state index is 0.475. The second-order valence-corrected chi connectivity index (χ2v) is 2.29. The zero-order chi connectivity index (χ0) is 8.69. The van der Waals surface area contributed by atoms with Crippen LogP contribution < -0.4 is 5.73 Å². The van der Waals surface area contributed by atoms with Crippen LogP contribution in [0, 0.1) is 6.57 Å². The maximum atomic E-state index is 10.3. The highest BCUT2D eigenvalue weighted by molar-refractivity contribution is 5.75. The smallest absolute Gasteiger partial charge is 0.392 e. The number of hydrogen-bond acceptors (Lipinski definition) is 2. The number of hydrogen-bond donors (Lipinski definition) is 2. The highest BCUT2D eigenvalue weighted by Gasteiger charge is 2.24. The lowest BCUT2D eigenvalue weighted by atomic mass is 10.1. The van der Waals surface area contributed by atoms with E-state index in [1.807, 2.05) is 0 Å². The van der Waals surface area contributed by atoms with E-state index in [2.05, 4.69) is 4.85 Å². The molecule has 11 heavy (non-hydrogen) atoms. The van der Waals surface area contributed by atoms with Crippen molar-refractivity contribution in [3.63, 3.8) is 0 Å². The monoisotopic (exact) mass is 157 g/mol. The number of unbranched alkanes of at least 4 members (excludes halogenated alkanes) is 1. The number of carboxylic acid groups (broad SMARTS) is 1. The van der Waals surface area contributed by atoms with Crippen LogP contribution in [0.15, 0.2) is 0 Å². The van der Waals surface area contributed by atoms with Crippen LogP contribution in [0.2, 0.25) is 0 Å². The van der Waals surface area contributed by atoms with Gasteiger partial charge in [-0.3, -0.25) is 0 Å². The lowest BCUT2D eigenvalue weighted by Gasteiger charge is -1.94.